The van der Waals surface area contributed by atoms with Gasteiger partial charge in [0.2, 0.25) is 0 Å². The summed E-state index contributed by atoms with van der Waals surface area (Å²) in [6.45, 7) is 9.06. The maximum absolute atomic E-state index is 12.5. The molecule has 6 nitrogen and oxygen atoms in total. The lowest BCUT2D eigenvalue weighted by atomic mass is 10.2. The normalized spacial score (nSPS) is 16.4. The van der Waals surface area contributed by atoms with Crippen LogP contribution in [-0.4, -0.2) is 59.7 Å². The number of carbonyl (C=O) groups excluding carboxylic acids is 2. The third kappa shape index (κ3) is 5.81. The molecule has 2 amide bonds. The van der Waals surface area contributed by atoms with Crippen molar-refractivity contribution in [2.75, 3.05) is 26.2 Å². The molecule has 0 aliphatic carbocycles. The average molecular weight is 369 g/mol. The van der Waals surface area contributed by atoms with E-state index in [-0.39, 0.29) is 12.0 Å². The van der Waals surface area contributed by atoms with E-state index in [2.05, 4.69) is 0 Å². The van der Waals surface area contributed by atoms with Crippen LogP contribution in [0.25, 0.3) is 0 Å². The minimum atomic E-state index is -0.603. The van der Waals surface area contributed by atoms with Gasteiger partial charge in [0.25, 0.3) is 5.91 Å². The van der Waals surface area contributed by atoms with E-state index in [1.54, 1.807) is 41.0 Å². The van der Waals surface area contributed by atoms with Crippen LogP contribution in [0.15, 0.2) is 24.3 Å². The van der Waals surface area contributed by atoms with Gasteiger partial charge >= 0.3 is 6.09 Å². The summed E-state index contributed by atoms with van der Waals surface area (Å²) in [5, 5.41) is 0.615. The zero-order chi connectivity index (χ0) is 18.6. The van der Waals surface area contributed by atoms with Gasteiger partial charge in [-0.1, -0.05) is 11.6 Å². The van der Waals surface area contributed by atoms with Gasteiger partial charge in [0.1, 0.15) is 11.4 Å². The van der Waals surface area contributed by atoms with Gasteiger partial charge < -0.3 is 19.3 Å². The smallest absolute Gasteiger partial charge is 0.410 e. The predicted molar refractivity (Wildman–Crippen MR) is 95.9 cm³/mol. The van der Waals surface area contributed by atoms with E-state index in [4.69, 9.17) is 21.1 Å². The van der Waals surface area contributed by atoms with Crippen LogP contribution in [0.5, 0.6) is 5.75 Å². The third-order valence-corrected chi connectivity index (χ3v) is 3.97. The Morgan fingerprint density at radius 3 is 2.08 bits per heavy atom. The molecule has 2 rings (SSSR count). The van der Waals surface area contributed by atoms with Crippen molar-refractivity contribution in [3.05, 3.63) is 29.3 Å². The molecule has 0 bridgehead atoms. The van der Waals surface area contributed by atoms with Crippen LogP contribution in [0.3, 0.4) is 0 Å². The summed E-state index contributed by atoms with van der Waals surface area (Å²) in [4.78, 5) is 27.9. The topological polar surface area (TPSA) is 59.1 Å². The summed E-state index contributed by atoms with van der Waals surface area (Å²) >= 11 is 5.84. The fourth-order valence-corrected chi connectivity index (χ4v) is 2.59. The van der Waals surface area contributed by atoms with Crippen molar-refractivity contribution in [2.45, 2.75) is 39.4 Å². The van der Waals surface area contributed by atoms with Crippen molar-refractivity contribution in [3.8, 4) is 5.75 Å². The van der Waals surface area contributed by atoms with Crippen molar-refractivity contribution >= 4 is 23.6 Å². The van der Waals surface area contributed by atoms with Gasteiger partial charge in [-0.25, -0.2) is 4.79 Å². The van der Waals surface area contributed by atoms with Gasteiger partial charge in [-0.15, -0.1) is 0 Å². The minimum Gasteiger partial charge on any atom is -0.481 e. The van der Waals surface area contributed by atoms with Crippen LogP contribution in [0.2, 0.25) is 5.02 Å². The summed E-state index contributed by atoms with van der Waals surface area (Å²) in [6.07, 6.45) is -0.945. The van der Waals surface area contributed by atoms with Crippen molar-refractivity contribution in [3.63, 3.8) is 0 Å². The number of nitrogens with zero attached hydrogens (tertiary/aromatic N) is 2. The maximum atomic E-state index is 12.5. The van der Waals surface area contributed by atoms with Crippen LogP contribution >= 0.6 is 11.6 Å². The molecule has 138 valence electrons. The summed E-state index contributed by atoms with van der Waals surface area (Å²) in [5.41, 5.74) is -0.523. The van der Waals surface area contributed by atoms with Crippen LogP contribution in [0, 0.1) is 0 Å². The summed E-state index contributed by atoms with van der Waals surface area (Å²) in [5.74, 6) is 0.497. The van der Waals surface area contributed by atoms with Gasteiger partial charge in [-0.2, -0.15) is 0 Å². The lowest BCUT2D eigenvalue weighted by molar-refractivity contribution is -0.139. The Morgan fingerprint density at radius 2 is 1.56 bits per heavy atom. The number of carbonyl (C=O) groups is 2. The number of hydrogen-bond donors (Lipinski definition) is 0. The number of amides is 2. The Balaban J connectivity index is 1.84. The van der Waals surface area contributed by atoms with E-state index in [9.17, 15) is 9.59 Å². The van der Waals surface area contributed by atoms with Gasteiger partial charge in [0.15, 0.2) is 6.10 Å². The van der Waals surface area contributed by atoms with E-state index < -0.39 is 11.7 Å². The van der Waals surface area contributed by atoms with Gasteiger partial charge in [-0.05, 0) is 52.0 Å². The molecule has 0 N–H and O–H groups in total. The molecule has 1 heterocycles. The molecule has 7 heteroatoms. The van der Waals surface area contributed by atoms with E-state index >= 15 is 0 Å². The quantitative estimate of drug-likeness (QED) is 0.822. The Bertz CT molecular complexity index is 604. The van der Waals surface area contributed by atoms with Gasteiger partial charge in [0, 0.05) is 31.2 Å². The Kier molecular flexibility index (Phi) is 6.16. The standard InChI is InChI=1S/C18H25ClN2O4/c1-13(24-15-7-5-14(19)6-8-15)16(22)20-9-11-21(12-10-20)17(23)25-18(2,3)4/h5-8,13H,9-12H2,1-4H3. The van der Waals surface area contributed by atoms with Crippen molar-refractivity contribution in [2.24, 2.45) is 0 Å². The zero-order valence-corrected chi connectivity index (χ0v) is 15.9. The second-order valence-corrected chi connectivity index (χ2v) is 7.44. The molecular weight excluding hydrogens is 344 g/mol. The molecule has 1 saturated heterocycles. The summed E-state index contributed by atoms with van der Waals surface area (Å²) in [6, 6.07) is 6.89. The second kappa shape index (κ2) is 7.95. The Labute approximate surface area is 153 Å². The Morgan fingerprint density at radius 1 is 1.04 bits per heavy atom. The molecule has 0 aromatic heterocycles. The number of ether oxygens (including phenoxy) is 2. The highest BCUT2D eigenvalue weighted by Gasteiger charge is 2.30. The van der Waals surface area contributed by atoms with E-state index in [1.807, 2.05) is 20.8 Å². The Hall–Kier alpha value is -1.95. The first-order valence-electron chi connectivity index (χ1n) is 8.34. The molecular formula is C18H25ClN2O4. The molecule has 1 aliphatic heterocycles. The molecule has 1 aliphatic rings. The van der Waals surface area contributed by atoms with Gasteiger partial charge in [-0.3, -0.25) is 4.79 Å². The monoisotopic (exact) mass is 368 g/mol. The summed E-state index contributed by atoms with van der Waals surface area (Å²) in [7, 11) is 0. The highest BCUT2D eigenvalue weighted by Crippen LogP contribution is 2.18. The SMILES string of the molecule is CC(Oc1ccc(Cl)cc1)C(=O)N1CCN(C(=O)OC(C)(C)C)CC1. The molecule has 0 spiro atoms. The van der Waals surface area contributed by atoms with E-state index in [0.717, 1.165) is 0 Å². The number of halogens is 1. The number of rotatable bonds is 3. The predicted octanol–water partition coefficient (Wildman–Crippen LogP) is 3.19. The van der Waals surface area contributed by atoms with Crippen LogP contribution in [-0.2, 0) is 9.53 Å². The molecule has 1 aromatic carbocycles. The van der Waals surface area contributed by atoms with Crippen molar-refractivity contribution < 1.29 is 19.1 Å². The minimum absolute atomic E-state index is 0.0983. The zero-order valence-electron chi connectivity index (χ0n) is 15.1. The lowest BCUT2D eigenvalue weighted by Gasteiger charge is -2.36. The van der Waals surface area contributed by atoms with Crippen LogP contribution < -0.4 is 4.74 Å². The molecule has 25 heavy (non-hydrogen) atoms. The largest absolute Gasteiger partial charge is 0.481 e. The van der Waals surface area contributed by atoms with Crippen LogP contribution in [0.4, 0.5) is 4.79 Å². The van der Waals surface area contributed by atoms with Crippen molar-refractivity contribution in [1.29, 1.82) is 0 Å². The van der Waals surface area contributed by atoms with Crippen LogP contribution in [0.1, 0.15) is 27.7 Å². The van der Waals surface area contributed by atoms with E-state index in [0.29, 0.717) is 37.0 Å². The lowest BCUT2D eigenvalue weighted by Crippen LogP contribution is -2.53. The highest BCUT2D eigenvalue weighted by atomic mass is 35.5. The molecule has 0 saturated carbocycles. The van der Waals surface area contributed by atoms with Gasteiger partial charge in [0.05, 0.1) is 0 Å². The third-order valence-electron chi connectivity index (χ3n) is 3.72. The summed E-state index contributed by atoms with van der Waals surface area (Å²) < 4.78 is 11.0. The molecule has 0 radical (unpaired) electrons. The number of piperazine rings is 1. The molecule has 1 atom stereocenters. The highest BCUT2D eigenvalue weighted by molar-refractivity contribution is 6.30. The number of benzene rings is 1. The first-order valence-corrected chi connectivity index (χ1v) is 8.72. The number of hydrogen-bond acceptors (Lipinski definition) is 4. The first kappa shape index (κ1) is 19.4. The van der Waals surface area contributed by atoms with E-state index in [1.165, 1.54) is 0 Å². The second-order valence-electron chi connectivity index (χ2n) is 7.01. The average Bonchev–Trinajstić information content (AvgIpc) is 2.55. The fourth-order valence-electron chi connectivity index (χ4n) is 2.46. The molecule has 1 aromatic rings. The molecule has 1 fully saturated rings. The molecule has 1 unspecified atom stereocenters. The first-order chi connectivity index (χ1) is 11.7. The van der Waals surface area contributed by atoms with Crippen molar-refractivity contribution in [1.82, 2.24) is 9.80 Å². The fraction of sp³-hybridized carbons (Fsp3) is 0.556. The maximum Gasteiger partial charge on any atom is 0.410 e.